The normalized spacial score (nSPS) is 27.6. The van der Waals surface area contributed by atoms with E-state index in [2.05, 4.69) is 33.8 Å². The van der Waals surface area contributed by atoms with Crippen LogP contribution in [0.25, 0.3) is 0 Å². The molecule has 4 rings (SSSR count). The molecule has 0 radical (unpaired) electrons. The summed E-state index contributed by atoms with van der Waals surface area (Å²) in [6, 6.07) is 4.36. The molecule has 1 atom stereocenters. The lowest BCUT2D eigenvalue weighted by molar-refractivity contribution is -0.187. The van der Waals surface area contributed by atoms with E-state index < -0.39 is 0 Å². The lowest BCUT2D eigenvalue weighted by Gasteiger charge is -2.51. The first-order chi connectivity index (χ1) is 11.7. The minimum atomic E-state index is -0.141. The minimum Gasteiger partial charge on any atom is -0.363 e. The first-order valence-electron chi connectivity index (χ1n) is 9.21. The van der Waals surface area contributed by atoms with E-state index in [4.69, 9.17) is 4.74 Å². The minimum absolute atomic E-state index is 0.141. The third-order valence-corrected chi connectivity index (χ3v) is 6.04. The van der Waals surface area contributed by atoms with E-state index in [-0.39, 0.29) is 24.2 Å². The van der Waals surface area contributed by atoms with Crippen molar-refractivity contribution < 1.29 is 9.53 Å². The summed E-state index contributed by atoms with van der Waals surface area (Å²) < 4.78 is 6.13. The summed E-state index contributed by atoms with van der Waals surface area (Å²) >= 11 is 0. The molecule has 0 unspecified atom stereocenters. The number of nitrogens with zero attached hydrogens (tertiary/aromatic N) is 3. The molecule has 1 saturated carbocycles. The van der Waals surface area contributed by atoms with Crippen molar-refractivity contribution in [3.8, 4) is 0 Å². The van der Waals surface area contributed by atoms with Gasteiger partial charge in [-0.3, -0.25) is 14.7 Å². The van der Waals surface area contributed by atoms with Crippen LogP contribution in [-0.4, -0.2) is 58.6 Å². The van der Waals surface area contributed by atoms with E-state index >= 15 is 0 Å². The highest BCUT2D eigenvalue weighted by molar-refractivity contribution is 5.78. The fraction of sp³-hybridized carbons (Fsp3) is 0.684. The van der Waals surface area contributed by atoms with Gasteiger partial charge >= 0.3 is 0 Å². The smallest absolute Gasteiger partial charge is 0.248 e. The molecule has 0 aromatic carbocycles. The van der Waals surface area contributed by atoms with Crippen LogP contribution >= 0.6 is 0 Å². The summed E-state index contributed by atoms with van der Waals surface area (Å²) in [4.78, 5) is 21.0. The Bertz CT molecular complexity index is 580. The SMILES string of the molecule is C[C@H]1N(CC2CC2)C(=O)COC12CCN(Cc1ccncc1)CC2. The van der Waals surface area contributed by atoms with E-state index in [1.165, 1.54) is 18.4 Å². The van der Waals surface area contributed by atoms with Gasteiger partial charge in [0.15, 0.2) is 0 Å². The van der Waals surface area contributed by atoms with Gasteiger partial charge in [0.2, 0.25) is 5.91 Å². The zero-order valence-electron chi connectivity index (χ0n) is 14.5. The summed E-state index contributed by atoms with van der Waals surface area (Å²) in [7, 11) is 0. The standard InChI is InChI=1S/C19H27N3O2/c1-15-19(24-14-18(23)22(15)13-16-2-3-16)6-10-21(11-7-19)12-17-4-8-20-9-5-17/h4-5,8-9,15-16H,2-3,6-7,10-14H2,1H3/t15-/m1/s1. The highest BCUT2D eigenvalue weighted by Crippen LogP contribution is 2.38. The first-order valence-corrected chi connectivity index (χ1v) is 9.21. The van der Waals surface area contributed by atoms with E-state index in [1.807, 2.05) is 12.4 Å². The maximum atomic E-state index is 12.3. The van der Waals surface area contributed by atoms with Crippen molar-refractivity contribution in [2.75, 3.05) is 26.2 Å². The van der Waals surface area contributed by atoms with Crippen LogP contribution in [0.5, 0.6) is 0 Å². The molecular weight excluding hydrogens is 302 g/mol. The molecule has 0 bridgehead atoms. The van der Waals surface area contributed by atoms with Crippen molar-refractivity contribution in [2.45, 2.75) is 50.8 Å². The molecule has 1 aliphatic carbocycles. The third kappa shape index (κ3) is 3.20. The largest absolute Gasteiger partial charge is 0.363 e. The lowest BCUT2D eigenvalue weighted by Crippen LogP contribution is -2.64. The average Bonchev–Trinajstić information content (AvgIpc) is 3.42. The summed E-state index contributed by atoms with van der Waals surface area (Å²) in [5, 5.41) is 0. The maximum absolute atomic E-state index is 12.3. The molecule has 5 heteroatoms. The van der Waals surface area contributed by atoms with Crippen LogP contribution in [0.2, 0.25) is 0 Å². The summed E-state index contributed by atoms with van der Waals surface area (Å²) in [6.45, 7) is 6.42. The fourth-order valence-electron chi connectivity index (χ4n) is 4.15. The summed E-state index contributed by atoms with van der Waals surface area (Å²) in [5.41, 5.74) is 1.17. The number of morpholine rings is 1. The molecule has 24 heavy (non-hydrogen) atoms. The number of amides is 1. The number of pyridine rings is 1. The van der Waals surface area contributed by atoms with Gasteiger partial charge in [0.05, 0.1) is 11.6 Å². The molecule has 2 saturated heterocycles. The predicted molar refractivity (Wildman–Crippen MR) is 91.3 cm³/mol. The summed E-state index contributed by atoms with van der Waals surface area (Å²) in [6.07, 6.45) is 8.29. The number of aromatic nitrogens is 1. The second-order valence-electron chi connectivity index (χ2n) is 7.65. The van der Waals surface area contributed by atoms with Crippen LogP contribution in [0, 0.1) is 5.92 Å². The number of piperidine rings is 1. The Balaban J connectivity index is 1.38. The van der Waals surface area contributed by atoms with Crippen LogP contribution in [0.3, 0.4) is 0 Å². The van der Waals surface area contributed by atoms with E-state index in [1.54, 1.807) is 0 Å². The van der Waals surface area contributed by atoms with Gasteiger partial charge in [-0.2, -0.15) is 0 Å². The Hall–Kier alpha value is -1.46. The number of ether oxygens (including phenoxy) is 1. The van der Waals surface area contributed by atoms with Crippen LogP contribution < -0.4 is 0 Å². The quantitative estimate of drug-likeness (QED) is 0.848. The summed E-state index contributed by atoms with van der Waals surface area (Å²) in [5.74, 6) is 0.914. The number of carbonyl (C=O) groups excluding carboxylic acids is 1. The van der Waals surface area contributed by atoms with Crippen molar-refractivity contribution in [1.29, 1.82) is 0 Å². The monoisotopic (exact) mass is 329 g/mol. The third-order valence-electron chi connectivity index (χ3n) is 6.04. The number of hydrogen-bond donors (Lipinski definition) is 0. The second-order valence-corrected chi connectivity index (χ2v) is 7.65. The fourth-order valence-corrected chi connectivity index (χ4v) is 4.15. The van der Waals surface area contributed by atoms with Gasteiger partial charge in [0.25, 0.3) is 0 Å². The molecule has 3 heterocycles. The number of carbonyl (C=O) groups is 1. The Morgan fingerprint density at radius 1 is 1.25 bits per heavy atom. The van der Waals surface area contributed by atoms with Gasteiger partial charge in [0.1, 0.15) is 6.61 Å². The maximum Gasteiger partial charge on any atom is 0.248 e. The van der Waals surface area contributed by atoms with Crippen molar-refractivity contribution >= 4 is 5.91 Å². The van der Waals surface area contributed by atoms with Crippen LogP contribution in [0.4, 0.5) is 0 Å². The van der Waals surface area contributed by atoms with Crippen molar-refractivity contribution in [1.82, 2.24) is 14.8 Å². The van der Waals surface area contributed by atoms with E-state index in [0.29, 0.717) is 0 Å². The first kappa shape index (κ1) is 16.0. The van der Waals surface area contributed by atoms with Crippen molar-refractivity contribution in [3.63, 3.8) is 0 Å². The molecule has 1 spiro atoms. The van der Waals surface area contributed by atoms with Crippen molar-refractivity contribution in [2.24, 2.45) is 5.92 Å². The topological polar surface area (TPSA) is 45.7 Å². The Morgan fingerprint density at radius 3 is 2.62 bits per heavy atom. The van der Waals surface area contributed by atoms with Crippen LogP contribution in [-0.2, 0) is 16.1 Å². The molecule has 1 amide bonds. The zero-order chi connectivity index (χ0) is 16.6. The lowest BCUT2D eigenvalue weighted by atomic mass is 9.82. The highest BCUT2D eigenvalue weighted by Gasteiger charge is 2.48. The molecule has 3 aliphatic rings. The van der Waals surface area contributed by atoms with Gasteiger partial charge in [0, 0.05) is 38.6 Å². The van der Waals surface area contributed by atoms with Crippen LogP contribution in [0.1, 0.15) is 38.2 Å². The predicted octanol–water partition coefficient (Wildman–Crippen LogP) is 2.07. The molecule has 3 fully saturated rings. The van der Waals surface area contributed by atoms with Crippen LogP contribution in [0.15, 0.2) is 24.5 Å². The molecule has 1 aromatic rings. The Labute approximate surface area is 144 Å². The number of hydrogen-bond acceptors (Lipinski definition) is 4. The van der Waals surface area contributed by atoms with Gasteiger partial charge in [-0.1, -0.05) is 0 Å². The molecule has 0 N–H and O–H groups in total. The van der Waals surface area contributed by atoms with Gasteiger partial charge in [-0.15, -0.1) is 0 Å². The number of rotatable bonds is 4. The molecule has 5 nitrogen and oxygen atoms in total. The molecule has 1 aromatic heterocycles. The molecule has 130 valence electrons. The van der Waals surface area contributed by atoms with E-state index in [0.717, 1.165) is 44.9 Å². The Kier molecular flexibility index (Phi) is 4.31. The molecule has 2 aliphatic heterocycles. The average molecular weight is 329 g/mol. The highest BCUT2D eigenvalue weighted by atomic mass is 16.5. The van der Waals surface area contributed by atoms with Gasteiger partial charge < -0.3 is 9.64 Å². The van der Waals surface area contributed by atoms with Crippen molar-refractivity contribution in [3.05, 3.63) is 30.1 Å². The Morgan fingerprint density at radius 2 is 1.96 bits per heavy atom. The number of likely N-dealkylation sites (tertiary alicyclic amines) is 1. The van der Waals surface area contributed by atoms with Gasteiger partial charge in [-0.05, 0) is 56.2 Å². The van der Waals surface area contributed by atoms with E-state index in [9.17, 15) is 4.79 Å². The van der Waals surface area contributed by atoms with Gasteiger partial charge in [-0.25, -0.2) is 0 Å². The second kappa shape index (κ2) is 6.45. The molecular formula is C19H27N3O2. The zero-order valence-corrected chi connectivity index (χ0v) is 14.5.